The summed E-state index contributed by atoms with van der Waals surface area (Å²) in [6, 6.07) is 9.07. The van der Waals surface area contributed by atoms with Crippen LogP contribution >= 0.6 is 11.9 Å². The molecule has 1 fully saturated rings. The molecule has 0 N–H and O–H groups in total. The number of halogens is 3. The number of piperidine rings is 1. The van der Waals surface area contributed by atoms with Gasteiger partial charge in [0.2, 0.25) is 0 Å². The zero-order valence-electron chi connectivity index (χ0n) is 13.9. The van der Waals surface area contributed by atoms with Crippen molar-refractivity contribution in [3.05, 3.63) is 59.4 Å². The number of ether oxygens (including phenoxy) is 1. The average Bonchev–Trinajstić information content (AvgIpc) is 2.66. The van der Waals surface area contributed by atoms with E-state index in [9.17, 15) is 13.2 Å². The summed E-state index contributed by atoms with van der Waals surface area (Å²) >= 11 is 1.61. The minimum atomic E-state index is -1.50. The molecule has 4 rings (SSSR count). The summed E-state index contributed by atoms with van der Waals surface area (Å²) in [4.78, 5) is 2.35. The Balaban J connectivity index is 1.53. The Morgan fingerprint density at radius 2 is 1.73 bits per heavy atom. The van der Waals surface area contributed by atoms with Crippen LogP contribution in [0.1, 0.15) is 24.3 Å². The quantitative estimate of drug-likeness (QED) is 0.546. The number of hydrogen-bond acceptors (Lipinski definition) is 4. The van der Waals surface area contributed by atoms with Crippen molar-refractivity contribution in [2.45, 2.75) is 18.8 Å². The fourth-order valence-corrected chi connectivity index (χ4v) is 4.14. The van der Waals surface area contributed by atoms with Crippen LogP contribution in [0.3, 0.4) is 0 Å². The summed E-state index contributed by atoms with van der Waals surface area (Å²) in [5.41, 5.74) is 1.14. The first-order chi connectivity index (χ1) is 12.6. The monoisotopic (exact) mass is 378 g/mol. The van der Waals surface area contributed by atoms with Gasteiger partial charge in [0, 0.05) is 36.9 Å². The highest BCUT2D eigenvalue weighted by Crippen LogP contribution is 2.34. The molecule has 26 heavy (non-hydrogen) atoms. The summed E-state index contributed by atoms with van der Waals surface area (Å²) in [5, 5.41) is 0. The highest BCUT2D eigenvalue weighted by Gasteiger charge is 2.29. The molecule has 7 heteroatoms. The van der Waals surface area contributed by atoms with Crippen molar-refractivity contribution >= 4 is 17.8 Å². The molecule has 2 aromatic rings. The van der Waals surface area contributed by atoms with Crippen LogP contribution in [0.4, 0.5) is 13.2 Å². The van der Waals surface area contributed by atoms with E-state index in [1.54, 1.807) is 24.1 Å². The molecule has 0 unspecified atom stereocenters. The molecule has 0 bridgehead atoms. The van der Waals surface area contributed by atoms with E-state index in [0.29, 0.717) is 5.75 Å². The smallest absolute Gasteiger partial charge is 0.194 e. The lowest BCUT2D eigenvalue weighted by atomic mass is 9.89. The summed E-state index contributed by atoms with van der Waals surface area (Å²) in [7, 11) is 0. The van der Waals surface area contributed by atoms with Crippen molar-refractivity contribution < 1.29 is 17.9 Å². The molecular formula is C19H17F3N2OS. The second-order valence-electron chi connectivity index (χ2n) is 6.34. The Bertz CT molecular complexity index is 818. The third-order valence-electron chi connectivity index (χ3n) is 4.64. The molecule has 1 atom stereocenters. The Labute approximate surface area is 154 Å². The van der Waals surface area contributed by atoms with Gasteiger partial charge < -0.3 is 9.64 Å². The van der Waals surface area contributed by atoms with Crippen LogP contribution in [0.5, 0.6) is 11.5 Å². The fraction of sp³-hybridized carbons (Fsp3) is 0.316. The predicted octanol–water partition coefficient (Wildman–Crippen LogP) is 5.14. The Hall–Kier alpha value is -2.15. The molecule has 0 radical (unpaired) electrons. The van der Waals surface area contributed by atoms with Crippen LogP contribution in [0.15, 0.2) is 40.8 Å². The highest BCUT2D eigenvalue weighted by atomic mass is 32.2. The lowest BCUT2D eigenvalue weighted by Gasteiger charge is -2.37. The van der Waals surface area contributed by atoms with E-state index in [4.69, 9.17) is 4.74 Å². The van der Waals surface area contributed by atoms with Crippen molar-refractivity contribution in [3.8, 4) is 11.5 Å². The van der Waals surface area contributed by atoms with Gasteiger partial charge in [-0.2, -0.15) is 0 Å². The number of hydrogen-bond donors (Lipinski definition) is 0. The van der Waals surface area contributed by atoms with Gasteiger partial charge in [-0.1, -0.05) is 12.1 Å². The van der Waals surface area contributed by atoms with Gasteiger partial charge in [0.05, 0.1) is 0 Å². The molecule has 0 saturated carbocycles. The second kappa shape index (κ2) is 7.23. The highest BCUT2D eigenvalue weighted by molar-refractivity contribution is 7.98. The third-order valence-corrected chi connectivity index (χ3v) is 5.32. The number of amidine groups is 1. The first-order valence-electron chi connectivity index (χ1n) is 8.49. The summed E-state index contributed by atoms with van der Waals surface area (Å²) in [6.45, 7) is 2.08. The van der Waals surface area contributed by atoms with Crippen molar-refractivity contribution in [2.75, 3.05) is 18.8 Å². The lowest BCUT2D eigenvalue weighted by Crippen LogP contribution is -2.42. The van der Waals surface area contributed by atoms with Gasteiger partial charge in [0.1, 0.15) is 17.3 Å². The molecule has 136 valence electrons. The Kier molecular flexibility index (Phi) is 4.80. The minimum Gasteiger partial charge on any atom is -0.457 e. The van der Waals surface area contributed by atoms with Crippen molar-refractivity contribution in [1.82, 2.24) is 4.90 Å². The van der Waals surface area contributed by atoms with Crippen molar-refractivity contribution in [3.63, 3.8) is 0 Å². The van der Waals surface area contributed by atoms with E-state index in [1.807, 2.05) is 12.1 Å². The molecule has 1 saturated heterocycles. The first-order valence-corrected chi connectivity index (χ1v) is 9.43. The van der Waals surface area contributed by atoms with E-state index < -0.39 is 17.5 Å². The topological polar surface area (TPSA) is 24.8 Å². The second-order valence-corrected chi connectivity index (χ2v) is 7.19. The molecule has 2 aliphatic heterocycles. The maximum atomic E-state index is 13.3. The van der Waals surface area contributed by atoms with Gasteiger partial charge in [0.25, 0.3) is 0 Å². The van der Waals surface area contributed by atoms with Crippen LogP contribution in [0.25, 0.3) is 0 Å². The Morgan fingerprint density at radius 3 is 2.46 bits per heavy atom. The molecule has 0 amide bonds. The standard InChI is InChI=1S/C19H17F3N2OS/c20-16-10-14(11-17(21)18(16)22)25-13-5-3-12(4-6-13)15-2-1-7-24-8-9-26-23-19(15)24/h3-6,10-11,15H,1-2,7-9H2/t15-/m0/s1. The van der Waals surface area contributed by atoms with Crippen LogP contribution < -0.4 is 4.74 Å². The summed E-state index contributed by atoms with van der Waals surface area (Å²) in [6.07, 6.45) is 2.17. The van der Waals surface area contributed by atoms with E-state index in [0.717, 1.165) is 55.2 Å². The largest absolute Gasteiger partial charge is 0.457 e. The van der Waals surface area contributed by atoms with Gasteiger partial charge in [-0.05, 0) is 42.5 Å². The third kappa shape index (κ3) is 3.40. The molecule has 0 aliphatic carbocycles. The van der Waals surface area contributed by atoms with Crippen LogP contribution in [-0.2, 0) is 0 Å². The van der Waals surface area contributed by atoms with Gasteiger partial charge in [-0.15, -0.1) is 0 Å². The van der Waals surface area contributed by atoms with Crippen molar-refractivity contribution in [2.24, 2.45) is 4.40 Å². The van der Waals surface area contributed by atoms with Gasteiger partial charge >= 0.3 is 0 Å². The maximum Gasteiger partial charge on any atom is 0.194 e. The predicted molar refractivity (Wildman–Crippen MR) is 96.3 cm³/mol. The van der Waals surface area contributed by atoms with Gasteiger partial charge in [0.15, 0.2) is 17.5 Å². The molecule has 3 nitrogen and oxygen atoms in total. The van der Waals surface area contributed by atoms with E-state index in [-0.39, 0.29) is 11.7 Å². The Morgan fingerprint density at radius 1 is 1.00 bits per heavy atom. The van der Waals surface area contributed by atoms with Crippen molar-refractivity contribution in [1.29, 1.82) is 0 Å². The van der Waals surface area contributed by atoms with E-state index in [1.165, 1.54) is 0 Å². The SMILES string of the molecule is Fc1cc(Oc2ccc([C@@H]3CCCN4CCSN=C34)cc2)cc(F)c1F. The van der Waals surface area contributed by atoms with Gasteiger partial charge in [-0.25, -0.2) is 17.6 Å². The number of nitrogens with zero attached hydrogens (tertiary/aromatic N) is 2. The van der Waals surface area contributed by atoms with Gasteiger partial charge in [-0.3, -0.25) is 0 Å². The zero-order valence-corrected chi connectivity index (χ0v) is 14.7. The lowest BCUT2D eigenvalue weighted by molar-refractivity contribution is 0.371. The summed E-state index contributed by atoms with van der Waals surface area (Å²) in [5.74, 6) is -1.28. The van der Waals surface area contributed by atoms with E-state index >= 15 is 0 Å². The molecule has 2 heterocycles. The zero-order chi connectivity index (χ0) is 18.1. The first kappa shape index (κ1) is 17.3. The molecule has 2 aliphatic rings. The van der Waals surface area contributed by atoms with Crippen LogP contribution in [-0.4, -0.2) is 29.6 Å². The fourth-order valence-electron chi connectivity index (χ4n) is 3.37. The molecular weight excluding hydrogens is 361 g/mol. The summed E-state index contributed by atoms with van der Waals surface area (Å²) < 4.78 is 49.7. The van der Waals surface area contributed by atoms with Crippen LogP contribution in [0, 0.1) is 17.5 Å². The minimum absolute atomic E-state index is 0.0777. The normalized spacial score (nSPS) is 19.7. The molecule has 0 aromatic heterocycles. The number of fused-ring (bicyclic) bond motifs is 1. The molecule has 2 aromatic carbocycles. The maximum absolute atomic E-state index is 13.3. The molecule has 0 spiro atoms. The van der Waals surface area contributed by atoms with E-state index in [2.05, 4.69) is 9.30 Å². The van der Waals surface area contributed by atoms with Crippen LogP contribution in [0.2, 0.25) is 0 Å². The number of benzene rings is 2. The average molecular weight is 378 g/mol. The number of rotatable bonds is 3.